The Kier molecular flexibility index (Phi) is 8.77. The van der Waals surface area contributed by atoms with Crippen LogP contribution in [0.5, 0.6) is 5.75 Å². The second kappa shape index (κ2) is 12.8. The Morgan fingerprint density at radius 2 is 1.79 bits per heavy atom. The number of carbonyl (C=O) groups excluding carboxylic acids is 1. The fourth-order valence-corrected chi connectivity index (χ4v) is 5.15. The van der Waals surface area contributed by atoms with E-state index in [0.717, 1.165) is 54.8 Å². The monoisotopic (exact) mass is 511 g/mol. The van der Waals surface area contributed by atoms with Crippen LogP contribution in [0, 0.1) is 0 Å². The number of benzene rings is 3. The normalized spacial score (nSPS) is 15.4. The molecule has 198 valence electrons. The van der Waals surface area contributed by atoms with Gasteiger partial charge in [0.05, 0.1) is 18.2 Å². The molecule has 1 aliphatic rings. The highest BCUT2D eigenvalue weighted by Gasteiger charge is 2.15. The lowest BCUT2D eigenvalue weighted by molar-refractivity contribution is -0.143. The van der Waals surface area contributed by atoms with Gasteiger partial charge in [-0.05, 0) is 98.5 Å². The van der Waals surface area contributed by atoms with Crippen LogP contribution in [-0.2, 0) is 33.5 Å². The molecule has 3 aromatic carbocycles. The van der Waals surface area contributed by atoms with E-state index < -0.39 is 0 Å². The van der Waals surface area contributed by atoms with Crippen molar-refractivity contribution < 1.29 is 19.0 Å². The van der Waals surface area contributed by atoms with Gasteiger partial charge in [0.2, 0.25) is 0 Å². The Balaban J connectivity index is 1.37. The zero-order valence-corrected chi connectivity index (χ0v) is 22.2. The van der Waals surface area contributed by atoms with Crippen molar-refractivity contribution in [1.82, 2.24) is 4.57 Å². The van der Waals surface area contributed by atoms with Crippen LogP contribution in [0.3, 0.4) is 0 Å². The first-order valence-electron chi connectivity index (χ1n) is 13.9. The topological polar surface area (TPSA) is 49.7 Å². The van der Waals surface area contributed by atoms with Crippen molar-refractivity contribution in [2.45, 2.75) is 58.0 Å². The van der Waals surface area contributed by atoms with Crippen LogP contribution in [0.25, 0.3) is 16.6 Å². The number of esters is 1. The second-order valence-electron chi connectivity index (χ2n) is 9.96. The molecule has 1 aliphatic heterocycles. The Bertz CT molecular complexity index is 1320. The standard InChI is InChI=1S/C33H37NO4/c1-2-36-33(35)20-13-26-12-19-32-31(22-26)27(14-11-25-8-4-3-5-9-25)23-34(32)28-15-17-29(18-16-28)38-24-30-10-6-7-21-37-30/h3-5,8-9,12,15-19,22-23,30H,2,6-7,10-11,13-14,20-21,24H2,1H3. The molecule has 4 aromatic rings. The third-order valence-electron chi connectivity index (χ3n) is 7.23. The van der Waals surface area contributed by atoms with Crippen molar-refractivity contribution in [3.63, 3.8) is 0 Å². The third-order valence-corrected chi connectivity index (χ3v) is 7.23. The Labute approximate surface area is 225 Å². The van der Waals surface area contributed by atoms with Crippen LogP contribution >= 0.6 is 0 Å². The highest BCUT2D eigenvalue weighted by molar-refractivity contribution is 5.86. The number of ether oxygens (including phenoxy) is 3. The van der Waals surface area contributed by atoms with E-state index in [1.165, 1.54) is 22.9 Å². The summed E-state index contributed by atoms with van der Waals surface area (Å²) in [5, 5.41) is 1.23. The number of rotatable bonds is 11. The number of hydrogen-bond acceptors (Lipinski definition) is 4. The summed E-state index contributed by atoms with van der Waals surface area (Å²) in [6.45, 7) is 3.70. The highest BCUT2D eigenvalue weighted by atomic mass is 16.5. The van der Waals surface area contributed by atoms with Gasteiger partial charge in [0, 0.05) is 30.3 Å². The first-order valence-corrected chi connectivity index (χ1v) is 13.9. The molecular formula is C33H37NO4. The highest BCUT2D eigenvalue weighted by Crippen LogP contribution is 2.29. The van der Waals surface area contributed by atoms with Crippen molar-refractivity contribution >= 4 is 16.9 Å². The van der Waals surface area contributed by atoms with Gasteiger partial charge in [0.15, 0.2) is 0 Å². The van der Waals surface area contributed by atoms with Crippen LogP contribution in [0.4, 0.5) is 0 Å². The van der Waals surface area contributed by atoms with Crippen LogP contribution in [0.2, 0.25) is 0 Å². The van der Waals surface area contributed by atoms with Crippen molar-refractivity contribution in [1.29, 1.82) is 0 Å². The zero-order valence-electron chi connectivity index (χ0n) is 22.2. The molecule has 1 atom stereocenters. The summed E-state index contributed by atoms with van der Waals surface area (Å²) >= 11 is 0. The average Bonchev–Trinajstić information content (AvgIpc) is 3.33. The summed E-state index contributed by atoms with van der Waals surface area (Å²) in [5.74, 6) is 0.719. The van der Waals surface area contributed by atoms with Crippen molar-refractivity contribution in [3.05, 3.63) is 95.7 Å². The Hall–Kier alpha value is -3.57. The molecule has 0 radical (unpaired) electrons. The average molecular weight is 512 g/mol. The molecule has 0 bridgehead atoms. The number of fused-ring (bicyclic) bond motifs is 1. The van der Waals surface area contributed by atoms with Crippen LogP contribution in [-0.4, -0.2) is 36.5 Å². The first kappa shape index (κ1) is 26.1. The fourth-order valence-electron chi connectivity index (χ4n) is 5.15. The van der Waals surface area contributed by atoms with E-state index in [-0.39, 0.29) is 12.1 Å². The maximum atomic E-state index is 11.9. The molecule has 0 aliphatic carbocycles. The number of carbonyl (C=O) groups is 1. The molecular weight excluding hydrogens is 474 g/mol. The van der Waals surface area contributed by atoms with Gasteiger partial charge in [0.1, 0.15) is 12.4 Å². The second-order valence-corrected chi connectivity index (χ2v) is 9.96. The zero-order chi connectivity index (χ0) is 26.2. The molecule has 0 amide bonds. The summed E-state index contributed by atoms with van der Waals surface area (Å²) < 4.78 is 19.2. The minimum atomic E-state index is -0.146. The van der Waals surface area contributed by atoms with Crippen molar-refractivity contribution in [2.75, 3.05) is 19.8 Å². The Morgan fingerprint density at radius 3 is 2.55 bits per heavy atom. The number of nitrogens with zero attached hydrogens (tertiary/aromatic N) is 1. The van der Waals surface area contributed by atoms with Gasteiger partial charge in [-0.25, -0.2) is 0 Å². The lowest BCUT2D eigenvalue weighted by Crippen LogP contribution is -2.25. The van der Waals surface area contributed by atoms with E-state index in [1.54, 1.807) is 0 Å². The molecule has 2 heterocycles. The predicted octanol–water partition coefficient (Wildman–Crippen LogP) is 6.86. The SMILES string of the molecule is CCOC(=O)CCc1ccc2c(c1)c(CCc1ccccc1)cn2-c1ccc(OCC2CCCCO2)cc1. The number of hydrogen-bond donors (Lipinski definition) is 0. The summed E-state index contributed by atoms with van der Waals surface area (Å²) in [4.78, 5) is 11.9. The third kappa shape index (κ3) is 6.65. The van der Waals surface area contributed by atoms with Crippen LogP contribution in [0.15, 0.2) is 79.0 Å². The van der Waals surface area contributed by atoms with E-state index in [9.17, 15) is 4.79 Å². The summed E-state index contributed by atoms with van der Waals surface area (Å²) in [7, 11) is 0. The lowest BCUT2D eigenvalue weighted by Gasteiger charge is -2.22. The fraction of sp³-hybridized carbons (Fsp3) is 0.364. The van der Waals surface area contributed by atoms with Crippen LogP contribution < -0.4 is 4.74 Å². The van der Waals surface area contributed by atoms with Gasteiger partial charge in [-0.2, -0.15) is 0 Å². The molecule has 5 nitrogen and oxygen atoms in total. The molecule has 1 unspecified atom stereocenters. The van der Waals surface area contributed by atoms with Gasteiger partial charge in [0.25, 0.3) is 0 Å². The van der Waals surface area contributed by atoms with Gasteiger partial charge in [-0.1, -0.05) is 36.4 Å². The molecule has 1 saturated heterocycles. The number of aromatic nitrogens is 1. The smallest absolute Gasteiger partial charge is 0.306 e. The number of aryl methyl sites for hydroxylation is 3. The first-order chi connectivity index (χ1) is 18.7. The van der Waals surface area contributed by atoms with E-state index in [4.69, 9.17) is 14.2 Å². The van der Waals surface area contributed by atoms with E-state index in [0.29, 0.717) is 26.1 Å². The van der Waals surface area contributed by atoms with E-state index in [1.807, 2.05) is 19.1 Å². The Morgan fingerprint density at radius 1 is 0.947 bits per heavy atom. The van der Waals surface area contributed by atoms with Gasteiger partial charge in [-0.15, -0.1) is 0 Å². The maximum Gasteiger partial charge on any atom is 0.306 e. The minimum absolute atomic E-state index is 0.146. The predicted molar refractivity (Wildman–Crippen MR) is 151 cm³/mol. The molecule has 5 rings (SSSR count). The summed E-state index contributed by atoms with van der Waals surface area (Å²) in [6.07, 6.45) is 8.88. The lowest BCUT2D eigenvalue weighted by atomic mass is 10.0. The van der Waals surface area contributed by atoms with Crippen LogP contribution in [0.1, 0.15) is 49.3 Å². The molecule has 0 N–H and O–H groups in total. The van der Waals surface area contributed by atoms with Crippen molar-refractivity contribution in [3.8, 4) is 11.4 Å². The maximum absolute atomic E-state index is 11.9. The van der Waals surface area contributed by atoms with Gasteiger partial charge >= 0.3 is 5.97 Å². The van der Waals surface area contributed by atoms with Gasteiger partial charge < -0.3 is 18.8 Å². The molecule has 0 saturated carbocycles. The summed E-state index contributed by atoms with van der Waals surface area (Å²) in [6, 6.07) is 25.5. The summed E-state index contributed by atoms with van der Waals surface area (Å²) in [5.41, 5.74) is 6.04. The molecule has 1 fully saturated rings. The van der Waals surface area contributed by atoms with Gasteiger partial charge in [-0.3, -0.25) is 4.79 Å². The quantitative estimate of drug-likeness (QED) is 0.206. The minimum Gasteiger partial charge on any atom is -0.491 e. The molecule has 0 spiro atoms. The molecule has 1 aromatic heterocycles. The van der Waals surface area contributed by atoms with Crippen molar-refractivity contribution in [2.24, 2.45) is 0 Å². The van der Waals surface area contributed by atoms with E-state index in [2.05, 4.69) is 71.4 Å². The molecule has 5 heteroatoms. The molecule has 38 heavy (non-hydrogen) atoms. The van der Waals surface area contributed by atoms with E-state index >= 15 is 0 Å². The largest absolute Gasteiger partial charge is 0.491 e.